The molecule has 5 aromatic rings. The summed E-state index contributed by atoms with van der Waals surface area (Å²) in [4.78, 5) is 78.1. The molecule has 0 saturated carbocycles. The van der Waals surface area contributed by atoms with Crippen LogP contribution in [-0.4, -0.2) is 137 Å². The number of amides is 4. The largest absolute Gasteiger partial charge is 0.391 e. The van der Waals surface area contributed by atoms with Gasteiger partial charge in [-0.2, -0.15) is 0 Å². The van der Waals surface area contributed by atoms with Gasteiger partial charge in [0.05, 0.1) is 36.2 Å². The Morgan fingerprint density at radius 1 is 0.945 bits per heavy atom. The van der Waals surface area contributed by atoms with Gasteiger partial charge in [-0.25, -0.2) is 19.9 Å². The number of aliphatic hydroxyl groups is 1. The highest BCUT2D eigenvalue weighted by Crippen LogP contribution is 2.30. The molecule has 4 amide bonds. The van der Waals surface area contributed by atoms with Crippen molar-refractivity contribution in [3.05, 3.63) is 92.8 Å². The predicted octanol–water partition coefficient (Wildman–Crippen LogP) is 6.57. The minimum Gasteiger partial charge on any atom is -0.391 e. The number of nitrogens with one attached hydrogen (secondary N) is 5. The van der Waals surface area contributed by atoms with Crippen molar-refractivity contribution in [3.63, 3.8) is 0 Å². The highest BCUT2D eigenvalue weighted by molar-refractivity contribution is 7.17. The number of hydrogen-bond acceptors (Lipinski definition) is 15. The number of ether oxygens (including phenoxy) is 2. The number of likely N-dealkylation sites (tertiary alicyclic amines) is 1. The normalized spacial score (nSPS) is 16.6. The quantitative estimate of drug-likeness (QED) is 0.0438. The van der Waals surface area contributed by atoms with E-state index >= 15 is 0 Å². The zero-order valence-corrected chi connectivity index (χ0v) is 45.0. The number of aromatic nitrogens is 4. The summed E-state index contributed by atoms with van der Waals surface area (Å²) in [5.74, 6) is 0.600. The van der Waals surface area contributed by atoms with Crippen molar-refractivity contribution < 1.29 is 38.7 Å². The standard InChI is InChI=1S/C52H68ClN11O7S2/c1-33-12-11-13-39(53)45(33)61-49(68)41-29-55-51(73-41)59-42-27-43(58-35(3)57-42)63-21-19-62(20-22-63)18-9-7-8-10-23-70-24-25-71-31-44(66)60-47(52(4,5)6)50(69)64-30-38(65)26-40(64)48(67)54-28-36-14-16-37(17-15-36)46-34(2)56-32-72-46/h11-17,27,29,32,38,40,47,65H,7-10,18-26,28,30-31H2,1-6H3,(H,54,67)(H,60,66)(H,61,68)(H,55,57,58,59)/p+1/t38-,40+,47-/m1/s1. The Kier molecular flexibility index (Phi) is 19.7. The number of aryl methyl sites for hydroxylation is 3. The molecule has 0 spiro atoms. The van der Waals surface area contributed by atoms with E-state index in [1.54, 1.807) is 17.4 Å². The topological polar surface area (TPSA) is 218 Å². The molecule has 5 heterocycles. The van der Waals surface area contributed by atoms with Crippen molar-refractivity contribution in [3.8, 4) is 10.4 Å². The summed E-state index contributed by atoms with van der Waals surface area (Å²) >= 11 is 9.17. The molecule has 7 rings (SSSR count). The maximum Gasteiger partial charge on any atom is 0.267 e. The molecule has 3 aromatic heterocycles. The van der Waals surface area contributed by atoms with Gasteiger partial charge in [0.15, 0.2) is 10.8 Å². The molecular weight excluding hydrogens is 990 g/mol. The molecular formula is C52H69ClN11O7S2+. The average molecular weight is 1060 g/mol. The summed E-state index contributed by atoms with van der Waals surface area (Å²) < 4.78 is 11.4. The van der Waals surface area contributed by atoms with Gasteiger partial charge in [0, 0.05) is 65.3 Å². The van der Waals surface area contributed by atoms with E-state index in [0.29, 0.717) is 45.6 Å². The average Bonchev–Trinajstić information content (AvgIpc) is 4.12. The lowest BCUT2D eigenvalue weighted by atomic mass is 9.85. The molecule has 18 nitrogen and oxygen atoms in total. The predicted molar refractivity (Wildman–Crippen MR) is 285 cm³/mol. The van der Waals surface area contributed by atoms with Crippen LogP contribution in [0.1, 0.15) is 85.2 Å². The Balaban J connectivity index is 0.735. The van der Waals surface area contributed by atoms with Gasteiger partial charge < -0.3 is 45.6 Å². The van der Waals surface area contributed by atoms with E-state index in [1.165, 1.54) is 22.4 Å². The number of unbranched alkanes of at least 4 members (excludes halogenated alkanes) is 3. The van der Waals surface area contributed by atoms with Gasteiger partial charge in [-0.05, 0) is 61.4 Å². The van der Waals surface area contributed by atoms with Crippen LogP contribution in [0.2, 0.25) is 5.02 Å². The number of aromatic amines is 1. The Labute approximate surface area is 440 Å². The molecule has 2 aliphatic heterocycles. The monoisotopic (exact) mass is 1060 g/mol. The van der Waals surface area contributed by atoms with Crippen molar-refractivity contribution in [1.29, 1.82) is 0 Å². The van der Waals surface area contributed by atoms with Crippen molar-refractivity contribution in [1.82, 2.24) is 35.4 Å². The highest BCUT2D eigenvalue weighted by Gasteiger charge is 2.44. The molecule has 2 aromatic carbocycles. The molecule has 2 saturated heterocycles. The molecule has 6 N–H and O–H groups in total. The Hall–Kier alpha value is -5.61. The number of benzene rings is 2. The number of nitrogens with zero attached hydrogens (tertiary/aromatic N) is 6. The lowest BCUT2D eigenvalue weighted by Gasteiger charge is -2.35. The maximum atomic E-state index is 14.0. The SMILES string of the molecule is Cc1nc(Nc2ncc(C(=O)Nc3c(C)cccc3Cl)s2)cc(N2CCN(CCCCCCOCCOCC(=O)N[C@H](C(=O)N3C[C@H](O)C[C@H]3C(=O)NCc3ccc(-c4sc[nH+]c4C)cc3)C(C)(C)C)CC2)n1. The summed E-state index contributed by atoms with van der Waals surface area (Å²) in [5, 5.41) is 23.5. The first-order chi connectivity index (χ1) is 35.0. The lowest BCUT2D eigenvalue weighted by molar-refractivity contribution is -0.379. The minimum atomic E-state index is -0.942. The second-order valence-electron chi connectivity index (χ2n) is 19.6. The second kappa shape index (κ2) is 26.0. The van der Waals surface area contributed by atoms with E-state index in [9.17, 15) is 24.3 Å². The minimum absolute atomic E-state index is 0.00105. The molecule has 2 aliphatic rings. The third kappa shape index (κ3) is 15.7. The number of aliphatic hydroxyl groups excluding tert-OH is 1. The molecule has 0 bridgehead atoms. The number of thiazole rings is 2. The van der Waals surface area contributed by atoms with Gasteiger partial charge in [0.1, 0.15) is 45.9 Å². The van der Waals surface area contributed by atoms with Gasteiger partial charge in [0.25, 0.3) is 5.91 Å². The lowest BCUT2D eigenvalue weighted by Crippen LogP contribution is -2.58. The molecule has 21 heteroatoms. The number of anilines is 4. The summed E-state index contributed by atoms with van der Waals surface area (Å²) in [6.07, 6.45) is 4.96. The number of β-amino-alcohol motifs (C(OH)–C–C–N with tert-alkyl or cyclic N) is 1. The Bertz CT molecular complexity index is 2630. The van der Waals surface area contributed by atoms with Crippen LogP contribution in [0.4, 0.5) is 22.5 Å². The second-order valence-corrected chi connectivity index (χ2v) is 21.9. The summed E-state index contributed by atoms with van der Waals surface area (Å²) in [6, 6.07) is 13.5. The van der Waals surface area contributed by atoms with E-state index in [2.05, 4.69) is 46.0 Å². The zero-order valence-electron chi connectivity index (χ0n) is 42.6. The van der Waals surface area contributed by atoms with E-state index in [-0.39, 0.29) is 44.5 Å². The van der Waals surface area contributed by atoms with Crippen LogP contribution >= 0.6 is 34.3 Å². The van der Waals surface area contributed by atoms with Gasteiger partial charge in [0.2, 0.25) is 23.2 Å². The first-order valence-electron chi connectivity index (χ1n) is 24.9. The smallest absolute Gasteiger partial charge is 0.267 e. The Morgan fingerprint density at radius 2 is 1.70 bits per heavy atom. The molecule has 0 unspecified atom stereocenters. The number of hydrogen-bond donors (Lipinski definition) is 5. The van der Waals surface area contributed by atoms with Crippen LogP contribution in [0.15, 0.2) is 60.2 Å². The molecule has 392 valence electrons. The summed E-state index contributed by atoms with van der Waals surface area (Å²) in [5.41, 5.74) is 5.81. The van der Waals surface area contributed by atoms with E-state index in [4.69, 9.17) is 26.1 Å². The summed E-state index contributed by atoms with van der Waals surface area (Å²) in [7, 11) is 0. The number of para-hydroxylation sites is 1. The van der Waals surface area contributed by atoms with Gasteiger partial charge >= 0.3 is 0 Å². The van der Waals surface area contributed by atoms with Gasteiger partial charge in [-0.1, -0.05) is 104 Å². The first kappa shape index (κ1) is 55.1. The van der Waals surface area contributed by atoms with Crippen LogP contribution in [0.3, 0.4) is 0 Å². The first-order valence-corrected chi connectivity index (χ1v) is 27.0. The fourth-order valence-corrected chi connectivity index (χ4v) is 10.6. The number of piperazine rings is 1. The van der Waals surface area contributed by atoms with Crippen molar-refractivity contribution in [2.45, 2.75) is 98.4 Å². The third-order valence-electron chi connectivity index (χ3n) is 12.8. The van der Waals surface area contributed by atoms with Crippen LogP contribution in [0, 0.1) is 26.2 Å². The Morgan fingerprint density at radius 3 is 2.42 bits per heavy atom. The van der Waals surface area contributed by atoms with Crippen LogP contribution in [-0.2, 0) is 30.4 Å². The summed E-state index contributed by atoms with van der Waals surface area (Å²) in [6.45, 7) is 17.1. The number of rotatable bonds is 23. The maximum absolute atomic E-state index is 14.0. The highest BCUT2D eigenvalue weighted by atomic mass is 35.5. The van der Waals surface area contributed by atoms with Gasteiger partial charge in [-0.15, -0.1) is 0 Å². The molecule has 2 fully saturated rings. The van der Waals surface area contributed by atoms with Gasteiger partial charge in [-0.3, -0.25) is 24.1 Å². The molecule has 3 atom stereocenters. The molecule has 73 heavy (non-hydrogen) atoms. The fourth-order valence-electron chi connectivity index (χ4n) is 8.79. The molecule has 0 aliphatic carbocycles. The number of H-pyrrole nitrogens is 1. The number of carbonyl (C=O) groups excluding carboxylic acids is 4. The molecule has 0 radical (unpaired) electrons. The van der Waals surface area contributed by atoms with Crippen molar-refractivity contribution in [2.75, 3.05) is 81.2 Å². The van der Waals surface area contributed by atoms with E-state index in [0.717, 1.165) is 91.5 Å². The number of halogens is 1. The van der Waals surface area contributed by atoms with E-state index in [1.807, 2.05) is 89.5 Å². The fraction of sp³-hybridized carbons (Fsp3) is 0.500. The van der Waals surface area contributed by atoms with Crippen LogP contribution < -0.4 is 31.2 Å². The number of carbonyl (C=O) groups is 4. The van der Waals surface area contributed by atoms with E-state index < -0.39 is 35.4 Å². The zero-order chi connectivity index (χ0) is 52.1. The van der Waals surface area contributed by atoms with Crippen LogP contribution in [0.5, 0.6) is 0 Å². The third-order valence-corrected chi connectivity index (χ3v) is 15.1. The van der Waals surface area contributed by atoms with Crippen LogP contribution in [0.25, 0.3) is 10.4 Å². The van der Waals surface area contributed by atoms with Crippen molar-refractivity contribution >= 4 is 80.4 Å². The van der Waals surface area contributed by atoms with Crippen molar-refractivity contribution in [2.24, 2.45) is 5.41 Å².